The summed E-state index contributed by atoms with van der Waals surface area (Å²) in [5, 5.41) is 0. The normalized spacial score (nSPS) is 11.7. The summed E-state index contributed by atoms with van der Waals surface area (Å²) in [4.78, 5) is 0. The number of ether oxygens (including phenoxy) is 1. The summed E-state index contributed by atoms with van der Waals surface area (Å²) in [6.07, 6.45) is 0.903. The van der Waals surface area contributed by atoms with Gasteiger partial charge in [0, 0.05) is 12.6 Å². The predicted molar refractivity (Wildman–Crippen MR) is 59.1 cm³/mol. The van der Waals surface area contributed by atoms with Gasteiger partial charge in [-0.3, -0.25) is 0 Å². The Hall–Kier alpha value is -0.860. The first-order valence-corrected chi connectivity index (χ1v) is 4.87. The van der Waals surface area contributed by atoms with Gasteiger partial charge in [-0.15, -0.1) is 0 Å². The smallest absolute Gasteiger partial charge is 0.0713 e. The summed E-state index contributed by atoms with van der Waals surface area (Å²) in [6.45, 7) is 4.75. The van der Waals surface area contributed by atoms with Crippen LogP contribution in [0.2, 0.25) is 0 Å². The lowest BCUT2D eigenvalue weighted by molar-refractivity contribution is 0.185. The molecule has 1 aromatic carbocycles. The Balaban J connectivity index is 2.64. The van der Waals surface area contributed by atoms with Crippen LogP contribution in [0.15, 0.2) is 24.3 Å². The predicted octanol–water partition coefficient (Wildman–Crippen LogP) is 2.11. The minimum atomic E-state index is -0.136. The maximum Gasteiger partial charge on any atom is 0.0713 e. The molecule has 0 atom stereocenters. The zero-order valence-electron chi connectivity index (χ0n) is 9.21. The highest BCUT2D eigenvalue weighted by atomic mass is 16.5. The van der Waals surface area contributed by atoms with E-state index in [0.717, 1.165) is 6.42 Å². The average Bonchev–Trinajstić information content (AvgIpc) is 2.06. The Kier molecular flexibility index (Phi) is 3.67. The van der Waals surface area contributed by atoms with Crippen LogP contribution in [0.25, 0.3) is 0 Å². The van der Waals surface area contributed by atoms with Gasteiger partial charge < -0.3 is 10.5 Å². The molecule has 0 aliphatic rings. The van der Waals surface area contributed by atoms with E-state index in [1.165, 1.54) is 11.1 Å². The first-order chi connectivity index (χ1) is 6.51. The van der Waals surface area contributed by atoms with Crippen molar-refractivity contribution in [1.29, 1.82) is 0 Å². The van der Waals surface area contributed by atoms with Crippen LogP contribution in [0.1, 0.15) is 25.0 Å². The van der Waals surface area contributed by atoms with Gasteiger partial charge in [-0.25, -0.2) is 0 Å². The first kappa shape index (κ1) is 11.2. The van der Waals surface area contributed by atoms with Crippen LogP contribution in [0.4, 0.5) is 0 Å². The lowest BCUT2D eigenvalue weighted by atomic mass is 9.96. The Morgan fingerprint density at radius 3 is 2.07 bits per heavy atom. The summed E-state index contributed by atoms with van der Waals surface area (Å²) in [6, 6.07) is 8.40. The highest BCUT2D eigenvalue weighted by Gasteiger charge is 2.10. The summed E-state index contributed by atoms with van der Waals surface area (Å²) in [5.41, 5.74) is 8.28. The maximum atomic E-state index is 5.94. The topological polar surface area (TPSA) is 35.2 Å². The van der Waals surface area contributed by atoms with Crippen molar-refractivity contribution in [2.24, 2.45) is 5.73 Å². The Bertz CT molecular complexity index is 271. The van der Waals surface area contributed by atoms with Crippen LogP contribution in [-0.4, -0.2) is 12.6 Å². The molecule has 0 fully saturated rings. The van der Waals surface area contributed by atoms with E-state index < -0.39 is 0 Å². The summed E-state index contributed by atoms with van der Waals surface area (Å²) >= 11 is 0. The lowest BCUT2D eigenvalue weighted by Gasteiger charge is -2.18. The van der Waals surface area contributed by atoms with E-state index in [-0.39, 0.29) is 5.54 Å². The molecule has 2 heteroatoms. The summed E-state index contributed by atoms with van der Waals surface area (Å²) < 4.78 is 5.04. The molecule has 1 rings (SSSR count). The number of hydrogen-bond acceptors (Lipinski definition) is 2. The number of methoxy groups -OCH3 is 1. The van der Waals surface area contributed by atoms with Crippen molar-refractivity contribution in [1.82, 2.24) is 0 Å². The molecule has 0 spiro atoms. The second-order valence-corrected chi connectivity index (χ2v) is 4.41. The monoisotopic (exact) mass is 193 g/mol. The average molecular weight is 193 g/mol. The van der Waals surface area contributed by atoms with Gasteiger partial charge in [0.25, 0.3) is 0 Å². The van der Waals surface area contributed by atoms with Crippen LogP contribution in [0.3, 0.4) is 0 Å². The summed E-state index contributed by atoms with van der Waals surface area (Å²) in [5.74, 6) is 0. The van der Waals surface area contributed by atoms with E-state index in [1.807, 2.05) is 13.8 Å². The van der Waals surface area contributed by atoms with Crippen LogP contribution in [0, 0.1) is 0 Å². The van der Waals surface area contributed by atoms with Gasteiger partial charge in [-0.1, -0.05) is 24.3 Å². The molecule has 1 aromatic rings. The van der Waals surface area contributed by atoms with Crippen LogP contribution >= 0.6 is 0 Å². The minimum Gasteiger partial charge on any atom is -0.380 e. The van der Waals surface area contributed by atoms with Crippen molar-refractivity contribution in [3.63, 3.8) is 0 Å². The molecule has 0 unspecified atom stereocenters. The van der Waals surface area contributed by atoms with Gasteiger partial charge >= 0.3 is 0 Å². The standard InChI is InChI=1S/C12H19NO/c1-12(2,13)8-10-4-6-11(7-5-10)9-14-3/h4-7H,8-9,13H2,1-3H3. The van der Waals surface area contributed by atoms with Crippen LogP contribution < -0.4 is 5.73 Å². The summed E-state index contributed by atoms with van der Waals surface area (Å²) in [7, 11) is 1.71. The molecule has 0 radical (unpaired) electrons. The Labute approximate surface area is 86.1 Å². The molecule has 0 saturated heterocycles. The van der Waals surface area contributed by atoms with E-state index in [2.05, 4.69) is 24.3 Å². The molecule has 0 aromatic heterocycles. The molecule has 14 heavy (non-hydrogen) atoms. The van der Waals surface area contributed by atoms with Crippen molar-refractivity contribution < 1.29 is 4.74 Å². The van der Waals surface area contributed by atoms with Crippen molar-refractivity contribution in [2.45, 2.75) is 32.4 Å². The third kappa shape index (κ3) is 3.90. The SMILES string of the molecule is COCc1ccc(CC(C)(C)N)cc1. The molecule has 0 heterocycles. The molecule has 0 aliphatic carbocycles. The first-order valence-electron chi connectivity index (χ1n) is 4.87. The fraction of sp³-hybridized carbons (Fsp3) is 0.500. The number of rotatable bonds is 4. The van der Waals surface area contributed by atoms with Crippen LogP contribution in [0.5, 0.6) is 0 Å². The van der Waals surface area contributed by atoms with E-state index in [0.29, 0.717) is 6.61 Å². The molecule has 0 aliphatic heterocycles. The largest absolute Gasteiger partial charge is 0.380 e. The molecule has 0 bridgehead atoms. The van der Waals surface area contributed by atoms with Gasteiger partial charge in [-0.05, 0) is 31.4 Å². The second kappa shape index (κ2) is 4.58. The third-order valence-electron chi connectivity index (χ3n) is 1.99. The second-order valence-electron chi connectivity index (χ2n) is 4.41. The van der Waals surface area contributed by atoms with Gasteiger partial charge in [0.2, 0.25) is 0 Å². The molecule has 0 amide bonds. The zero-order chi connectivity index (χ0) is 10.6. The molecular weight excluding hydrogens is 174 g/mol. The van der Waals surface area contributed by atoms with E-state index >= 15 is 0 Å². The van der Waals surface area contributed by atoms with Gasteiger partial charge in [0.05, 0.1) is 6.61 Å². The number of hydrogen-bond donors (Lipinski definition) is 1. The molecule has 2 nitrogen and oxygen atoms in total. The lowest BCUT2D eigenvalue weighted by Crippen LogP contribution is -2.34. The van der Waals surface area contributed by atoms with Crippen molar-refractivity contribution in [3.05, 3.63) is 35.4 Å². The minimum absolute atomic E-state index is 0.136. The zero-order valence-corrected chi connectivity index (χ0v) is 9.21. The third-order valence-corrected chi connectivity index (χ3v) is 1.99. The highest BCUT2D eigenvalue weighted by molar-refractivity contribution is 5.23. The van der Waals surface area contributed by atoms with Crippen molar-refractivity contribution >= 4 is 0 Å². The van der Waals surface area contributed by atoms with Gasteiger partial charge in [0.15, 0.2) is 0 Å². The van der Waals surface area contributed by atoms with Crippen molar-refractivity contribution in [2.75, 3.05) is 7.11 Å². The maximum absolute atomic E-state index is 5.94. The molecular formula is C12H19NO. The van der Waals surface area contributed by atoms with E-state index in [9.17, 15) is 0 Å². The highest BCUT2D eigenvalue weighted by Crippen LogP contribution is 2.11. The quantitative estimate of drug-likeness (QED) is 0.795. The van der Waals surface area contributed by atoms with E-state index in [1.54, 1.807) is 7.11 Å². The molecule has 0 saturated carbocycles. The van der Waals surface area contributed by atoms with E-state index in [4.69, 9.17) is 10.5 Å². The fourth-order valence-electron chi connectivity index (χ4n) is 1.45. The Morgan fingerprint density at radius 2 is 1.64 bits per heavy atom. The fourth-order valence-corrected chi connectivity index (χ4v) is 1.45. The molecule has 2 N–H and O–H groups in total. The number of benzene rings is 1. The van der Waals surface area contributed by atoms with Crippen LogP contribution in [-0.2, 0) is 17.8 Å². The van der Waals surface area contributed by atoms with Crippen molar-refractivity contribution in [3.8, 4) is 0 Å². The number of nitrogens with two attached hydrogens (primary N) is 1. The van der Waals surface area contributed by atoms with Gasteiger partial charge in [0.1, 0.15) is 0 Å². The van der Waals surface area contributed by atoms with Gasteiger partial charge in [-0.2, -0.15) is 0 Å². The Morgan fingerprint density at radius 1 is 1.14 bits per heavy atom. The molecule has 78 valence electrons.